The fourth-order valence-corrected chi connectivity index (χ4v) is 6.57. The Bertz CT molecular complexity index is 2000. The molecule has 1 aliphatic heterocycles. The monoisotopic (exact) mass is 780 g/mol. The van der Waals surface area contributed by atoms with Crippen molar-refractivity contribution in [2.45, 2.75) is 124 Å². The van der Waals surface area contributed by atoms with Crippen LogP contribution < -0.4 is 20.3 Å². The molecule has 0 radical (unpaired) electrons. The fraction of sp³-hybridized carbons (Fsp3) is 0.550. The minimum Gasteiger partial charge on any atom is -0.474 e. The van der Waals surface area contributed by atoms with Crippen LogP contribution in [0, 0.1) is 12.7 Å². The molecule has 2 N–H and O–H groups in total. The number of benzene rings is 1. The number of hydrogen-bond donors (Lipinski definition) is 2. The van der Waals surface area contributed by atoms with E-state index in [0.29, 0.717) is 35.0 Å². The molecule has 1 aliphatic carbocycles. The summed E-state index contributed by atoms with van der Waals surface area (Å²) in [5, 5.41) is 5.81. The minimum atomic E-state index is -0.899. The van der Waals surface area contributed by atoms with Gasteiger partial charge in [-0.3, -0.25) is 15.5 Å². The first kappa shape index (κ1) is 41.7. The van der Waals surface area contributed by atoms with Crippen molar-refractivity contribution >= 4 is 52.3 Å². The van der Waals surface area contributed by atoms with Gasteiger partial charge in [0.1, 0.15) is 41.0 Å². The zero-order valence-electron chi connectivity index (χ0n) is 34.0. The molecule has 0 bridgehead atoms. The quantitative estimate of drug-likeness (QED) is 0.237. The van der Waals surface area contributed by atoms with Gasteiger partial charge in [-0.1, -0.05) is 6.42 Å². The van der Waals surface area contributed by atoms with Crippen LogP contribution in [-0.4, -0.2) is 88.4 Å². The van der Waals surface area contributed by atoms with Crippen molar-refractivity contribution in [3.63, 3.8) is 0 Å². The van der Waals surface area contributed by atoms with Crippen LogP contribution in [0.3, 0.4) is 0 Å². The third kappa shape index (κ3) is 10.1. The third-order valence-corrected chi connectivity index (χ3v) is 8.92. The molecular formula is C40H53FN6O9. The summed E-state index contributed by atoms with van der Waals surface area (Å²) in [6, 6.07) is 2.65. The lowest BCUT2D eigenvalue weighted by atomic mass is 9.91. The predicted octanol–water partition coefficient (Wildman–Crippen LogP) is 8.95. The number of pyridine rings is 2. The van der Waals surface area contributed by atoms with Crippen LogP contribution in [0.25, 0.3) is 21.9 Å². The largest absolute Gasteiger partial charge is 0.474 e. The molecule has 16 heteroatoms. The van der Waals surface area contributed by atoms with Crippen molar-refractivity contribution in [1.82, 2.24) is 14.9 Å². The van der Waals surface area contributed by atoms with E-state index in [9.17, 15) is 19.2 Å². The van der Waals surface area contributed by atoms with Gasteiger partial charge in [0.25, 0.3) is 0 Å². The molecule has 304 valence electrons. The molecule has 1 aromatic carbocycles. The second kappa shape index (κ2) is 16.0. The van der Waals surface area contributed by atoms with Gasteiger partial charge in [0.15, 0.2) is 5.82 Å². The number of hydrogen-bond acceptors (Lipinski definition) is 11. The maximum absolute atomic E-state index is 16.8. The summed E-state index contributed by atoms with van der Waals surface area (Å²) in [4.78, 5) is 64.2. The number of likely N-dealkylation sites (N-methyl/N-ethyl adjacent to an activating group) is 1. The number of anilines is 3. The summed E-state index contributed by atoms with van der Waals surface area (Å²) in [6.45, 7) is 17.7. The normalized spacial score (nSPS) is 17.2. The van der Waals surface area contributed by atoms with Crippen LogP contribution in [0.15, 0.2) is 24.5 Å². The van der Waals surface area contributed by atoms with Crippen molar-refractivity contribution in [3.8, 4) is 17.0 Å². The van der Waals surface area contributed by atoms with E-state index in [1.165, 1.54) is 34.3 Å². The zero-order chi connectivity index (χ0) is 41.3. The van der Waals surface area contributed by atoms with Gasteiger partial charge in [-0.25, -0.2) is 33.5 Å². The van der Waals surface area contributed by atoms with E-state index in [1.54, 1.807) is 76.3 Å². The van der Waals surface area contributed by atoms with Crippen molar-refractivity contribution in [3.05, 3.63) is 35.9 Å². The zero-order valence-corrected chi connectivity index (χ0v) is 34.0. The molecule has 3 heterocycles. The van der Waals surface area contributed by atoms with Crippen LogP contribution in [0.5, 0.6) is 5.88 Å². The van der Waals surface area contributed by atoms with Gasteiger partial charge in [0, 0.05) is 36.0 Å². The summed E-state index contributed by atoms with van der Waals surface area (Å²) in [5.74, 6) is -0.544. The Hall–Kier alpha value is -5.41. The van der Waals surface area contributed by atoms with E-state index >= 15 is 4.39 Å². The lowest BCUT2D eigenvalue weighted by molar-refractivity contribution is -0.0123. The highest BCUT2D eigenvalue weighted by Crippen LogP contribution is 2.43. The average Bonchev–Trinajstić information content (AvgIpc) is 3.07. The maximum Gasteiger partial charge on any atom is 0.415 e. The number of rotatable bonds is 5. The Morgan fingerprint density at radius 1 is 0.857 bits per heavy atom. The molecule has 0 unspecified atom stereocenters. The number of halogens is 1. The summed E-state index contributed by atoms with van der Waals surface area (Å²) in [5.41, 5.74) is -1.45. The predicted molar refractivity (Wildman–Crippen MR) is 209 cm³/mol. The Morgan fingerprint density at radius 2 is 1.52 bits per heavy atom. The maximum atomic E-state index is 16.8. The van der Waals surface area contributed by atoms with Crippen molar-refractivity contribution < 1.29 is 47.3 Å². The van der Waals surface area contributed by atoms with E-state index < -0.39 is 59.1 Å². The van der Waals surface area contributed by atoms with Crippen LogP contribution in [0.4, 0.5) is 40.8 Å². The number of fused-ring (bicyclic) bond motifs is 2. The minimum absolute atomic E-state index is 0.0287. The molecule has 15 nitrogen and oxygen atoms in total. The van der Waals surface area contributed by atoms with E-state index in [1.807, 2.05) is 0 Å². The number of aromatic nitrogens is 2. The van der Waals surface area contributed by atoms with Gasteiger partial charge in [-0.05, 0) is 112 Å². The molecule has 1 saturated carbocycles. The molecule has 56 heavy (non-hydrogen) atoms. The summed E-state index contributed by atoms with van der Waals surface area (Å²) in [6.07, 6.45) is 2.17. The molecule has 3 aromatic rings. The molecule has 0 saturated heterocycles. The topological polar surface area (TPSA) is 171 Å². The number of carbonyl (C=O) groups excluding carboxylic acids is 4. The van der Waals surface area contributed by atoms with Gasteiger partial charge in [0.05, 0.1) is 18.3 Å². The number of carbonyl (C=O) groups is 4. The van der Waals surface area contributed by atoms with Gasteiger partial charge >= 0.3 is 24.4 Å². The third-order valence-electron chi connectivity index (χ3n) is 8.92. The lowest BCUT2D eigenvalue weighted by Crippen LogP contribution is -2.49. The van der Waals surface area contributed by atoms with Crippen molar-refractivity contribution in [2.75, 3.05) is 35.7 Å². The Morgan fingerprint density at radius 3 is 2.18 bits per heavy atom. The molecule has 4 amide bonds. The second-order valence-electron chi connectivity index (χ2n) is 17.0. The van der Waals surface area contributed by atoms with E-state index in [4.69, 9.17) is 23.7 Å². The van der Waals surface area contributed by atoms with E-state index in [2.05, 4.69) is 20.6 Å². The Kier molecular flexibility index (Phi) is 11.9. The fourth-order valence-electron chi connectivity index (χ4n) is 6.57. The second-order valence-corrected chi connectivity index (χ2v) is 17.0. The summed E-state index contributed by atoms with van der Waals surface area (Å²) < 4.78 is 45.1. The highest BCUT2D eigenvalue weighted by molar-refractivity contribution is 6.05. The first-order valence-electron chi connectivity index (χ1n) is 18.7. The average molecular weight is 781 g/mol. The van der Waals surface area contributed by atoms with Crippen LogP contribution >= 0.6 is 0 Å². The van der Waals surface area contributed by atoms with Gasteiger partial charge < -0.3 is 28.6 Å². The smallest absolute Gasteiger partial charge is 0.415 e. The summed E-state index contributed by atoms with van der Waals surface area (Å²) >= 11 is 0. The Labute approximate surface area is 326 Å². The standard InChI is InChI=1S/C40H53FN6O9/c1-22-25(20-43-33-32(22)47(16-17-52-33)37(51)56-40(8,9)10)24-18-23-19-29(42-21-26(23)31(30(24)41)45-35(49)54-38(2,3)4)44-34(48)53-28-15-13-12-14-27(28)46(11)36(50)55-39(5,6)7/h18-21,27-28H,12-17H2,1-11H3,(H,45,49)(H,42,44,48)/t27-,28-/m1/s1. The number of ether oxygens (including phenoxy) is 5. The van der Waals surface area contributed by atoms with Crippen LogP contribution in [0.1, 0.15) is 93.6 Å². The highest BCUT2D eigenvalue weighted by atomic mass is 19.1. The van der Waals surface area contributed by atoms with E-state index in [0.717, 1.165) is 12.8 Å². The lowest BCUT2D eigenvalue weighted by Gasteiger charge is -2.37. The molecule has 2 aliphatic rings. The van der Waals surface area contributed by atoms with E-state index in [-0.39, 0.29) is 41.5 Å². The van der Waals surface area contributed by atoms with Crippen LogP contribution in [-0.2, 0) is 18.9 Å². The molecular weight excluding hydrogens is 727 g/mol. The molecule has 2 atom stereocenters. The first-order valence-corrected chi connectivity index (χ1v) is 18.7. The molecule has 0 spiro atoms. The number of nitrogens with one attached hydrogen (secondary N) is 2. The molecule has 2 aromatic heterocycles. The van der Waals surface area contributed by atoms with Crippen LogP contribution in [0.2, 0.25) is 0 Å². The highest BCUT2D eigenvalue weighted by Gasteiger charge is 2.36. The number of amides is 4. The van der Waals surface area contributed by atoms with Gasteiger partial charge in [-0.2, -0.15) is 0 Å². The Balaban J connectivity index is 1.51. The SMILES string of the molecule is Cc1c(-c2cc3cc(NC(=O)O[C@@H]4CCCC[C@H]4N(C)C(=O)OC(C)(C)C)ncc3c(NC(=O)OC(C)(C)C)c2F)cnc2c1N(C(=O)OC(C)(C)C)CCO2. The van der Waals surface area contributed by atoms with Gasteiger partial charge in [0.2, 0.25) is 5.88 Å². The first-order chi connectivity index (χ1) is 26.0. The molecule has 1 fully saturated rings. The summed E-state index contributed by atoms with van der Waals surface area (Å²) in [7, 11) is 1.63. The molecule has 5 rings (SSSR count). The van der Waals surface area contributed by atoms with Crippen molar-refractivity contribution in [1.29, 1.82) is 0 Å². The van der Waals surface area contributed by atoms with Crippen molar-refractivity contribution in [2.24, 2.45) is 0 Å². The van der Waals surface area contributed by atoms with Gasteiger partial charge in [-0.15, -0.1) is 0 Å². The number of nitrogens with zero attached hydrogens (tertiary/aromatic N) is 4.